The quantitative estimate of drug-likeness (QED) is 0.721. The predicted octanol–water partition coefficient (Wildman–Crippen LogP) is 0.217. The SMILES string of the molecule is Nc1c(Cc2ccc3c(c2)NCO3)c(=O)c1=O. The van der Waals surface area contributed by atoms with Crippen molar-refractivity contribution in [2.75, 3.05) is 17.8 Å². The molecule has 5 nitrogen and oxygen atoms in total. The topological polar surface area (TPSA) is 81.4 Å². The van der Waals surface area contributed by atoms with Crippen LogP contribution < -0.4 is 26.6 Å². The maximum atomic E-state index is 11.3. The van der Waals surface area contributed by atoms with Crippen LogP contribution in [0.25, 0.3) is 0 Å². The highest BCUT2D eigenvalue weighted by Crippen LogP contribution is 2.30. The number of benzene rings is 1. The molecule has 3 N–H and O–H groups in total. The molecular weight excluding hydrogens is 220 g/mol. The third-order valence-electron chi connectivity index (χ3n) is 2.97. The fourth-order valence-corrected chi connectivity index (χ4v) is 1.98. The molecule has 3 rings (SSSR count). The van der Waals surface area contributed by atoms with E-state index in [9.17, 15) is 9.59 Å². The third kappa shape index (κ3) is 1.39. The van der Waals surface area contributed by atoms with Gasteiger partial charge >= 0.3 is 0 Å². The summed E-state index contributed by atoms with van der Waals surface area (Å²) in [6.45, 7) is 0.459. The van der Waals surface area contributed by atoms with Crippen LogP contribution >= 0.6 is 0 Å². The van der Waals surface area contributed by atoms with Crippen molar-refractivity contribution in [3.63, 3.8) is 0 Å². The largest absolute Gasteiger partial charge is 0.471 e. The zero-order valence-electron chi connectivity index (χ0n) is 8.95. The van der Waals surface area contributed by atoms with Crippen LogP contribution in [0.3, 0.4) is 0 Å². The normalized spacial score (nSPS) is 13.2. The predicted molar refractivity (Wildman–Crippen MR) is 64.1 cm³/mol. The summed E-state index contributed by atoms with van der Waals surface area (Å²) < 4.78 is 5.29. The van der Waals surface area contributed by atoms with Crippen LogP contribution in [0.15, 0.2) is 27.8 Å². The number of nitrogen functional groups attached to an aromatic ring is 1. The van der Waals surface area contributed by atoms with Crippen LogP contribution in [-0.2, 0) is 6.42 Å². The maximum absolute atomic E-state index is 11.3. The number of hydrogen-bond donors (Lipinski definition) is 2. The summed E-state index contributed by atoms with van der Waals surface area (Å²) >= 11 is 0. The van der Waals surface area contributed by atoms with Crippen molar-refractivity contribution >= 4 is 11.4 Å². The minimum atomic E-state index is -0.567. The Morgan fingerprint density at radius 1 is 1.29 bits per heavy atom. The van der Waals surface area contributed by atoms with Gasteiger partial charge in [-0.05, 0) is 17.7 Å². The second kappa shape index (κ2) is 3.35. The molecule has 2 aromatic rings. The lowest BCUT2D eigenvalue weighted by Gasteiger charge is -2.07. The van der Waals surface area contributed by atoms with Crippen molar-refractivity contribution in [1.29, 1.82) is 0 Å². The van der Waals surface area contributed by atoms with Crippen LogP contribution in [0.4, 0.5) is 11.4 Å². The molecule has 0 unspecified atom stereocenters. The van der Waals surface area contributed by atoms with Crippen LogP contribution in [0.2, 0.25) is 0 Å². The molecule has 0 bridgehead atoms. The Morgan fingerprint density at radius 3 is 2.88 bits per heavy atom. The summed E-state index contributed by atoms with van der Waals surface area (Å²) in [5.74, 6) is 0.798. The van der Waals surface area contributed by atoms with Crippen LogP contribution in [0.1, 0.15) is 11.1 Å². The molecule has 0 radical (unpaired) electrons. The Balaban J connectivity index is 1.92. The van der Waals surface area contributed by atoms with Crippen molar-refractivity contribution in [2.45, 2.75) is 6.42 Å². The fourth-order valence-electron chi connectivity index (χ4n) is 1.98. The molecule has 86 valence electrons. The van der Waals surface area contributed by atoms with E-state index in [1.54, 1.807) is 0 Å². The van der Waals surface area contributed by atoms with Gasteiger partial charge in [0.2, 0.25) is 10.9 Å². The first-order valence-corrected chi connectivity index (χ1v) is 5.24. The lowest BCUT2D eigenvalue weighted by Crippen LogP contribution is -2.38. The summed E-state index contributed by atoms with van der Waals surface area (Å²) in [6.07, 6.45) is 0.394. The molecular formula is C12H10N2O3. The third-order valence-corrected chi connectivity index (χ3v) is 2.97. The number of hydrogen-bond acceptors (Lipinski definition) is 5. The Kier molecular flexibility index (Phi) is 1.95. The van der Waals surface area contributed by atoms with Crippen LogP contribution in [0.5, 0.6) is 5.75 Å². The van der Waals surface area contributed by atoms with Gasteiger partial charge in [-0.15, -0.1) is 0 Å². The monoisotopic (exact) mass is 230 g/mol. The van der Waals surface area contributed by atoms with Gasteiger partial charge in [0.1, 0.15) is 5.75 Å². The second-order valence-corrected chi connectivity index (χ2v) is 4.02. The molecule has 0 saturated carbocycles. The van der Waals surface area contributed by atoms with Gasteiger partial charge in [-0.2, -0.15) is 0 Å². The molecule has 0 fully saturated rings. The minimum absolute atomic E-state index is 0.0970. The minimum Gasteiger partial charge on any atom is -0.471 e. The summed E-state index contributed by atoms with van der Waals surface area (Å²) in [6, 6.07) is 5.60. The van der Waals surface area contributed by atoms with E-state index in [1.807, 2.05) is 18.2 Å². The molecule has 1 aliphatic rings. The van der Waals surface area contributed by atoms with E-state index in [1.165, 1.54) is 0 Å². The number of nitrogens with two attached hydrogens (primary N) is 1. The van der Waals surface area contributed by atoms with E-state index in [0.717, 1.165) is 17.0 Å². The number of nitrogens with one attached hydrogen (secondary N) is 1. The van der Waals surface area contributed by atoms with Gasteiger partial charge in [0.05, 0.1) is 11.4 Å². The summed E-state index contributed by atoms with van der Waals surface area (Å²) in [7, 11) is 0. The first kappa shape index (κ1) is 9.89. The second-order valence-electron chi connectivity index (χ2n) is 4.02. The van der Waals surface area contributed by atoms with Gasteiger partial charge in [0, 0.05) is 12.0 Å². The standard InChI is InChI=1S/C12H10N2O3/c13-10-7(11(15)12(10)16)3-6-1-2-9-8(4-6)14-5-17-9/h1-2,4,14H,3,5,13H2. The van der Waals surface area contributed by atoms with E-state index in [-0.39, 0.29) is 5.69 Å². The van der Waals surface area contributed by atoms with Gasteiger partial charge < -0.3 is 15.8 Å². The van der Waals surface area contributed by atoms with Crippen LogP contribution in [0, 0.1) is 0 Å². The molecule has 5 heteroatoms. The lowest BCUT2D eigenvalue weighted by molar-refractivity contribution is 0.372. The summed E-state index contributed by atoms with van der Waals surface area (Å²) in [5.41, 5.74) is 6.80. The van der Waals surface area contributed by atoms with Crippen molar-refractivity contribution in [2.24, 2.45) is 0 Å². The maximum Gasteiger partial charge on any atom is 0.249 e. The van der Waals surface area contributed by atoms with E-state index < -0.39 is 10.9 Å². The first-order valence-electron chi connectivity index (χ1n) is 5.24. The first-order chi connectivity index (χ1) is 8.16. The van der Waals surface area contributed by atoms with Crippen molar-refractivity contribution in [1.82, 2.24) is 0 Å². The Bertz CT molecular complexity index is 669. The molecule has 17 heavy (non-hydrogen) atoms. The molecule has 0 aromatic heterocycles. The molecule has 0 saturated heterocycles. The summed E-state index contributed by atoms with van der Waals surface area (Å²) in [4.78, 5) is 22.3. The van der Waals surface area contributed by atoms with Gasteiger partial charge in [-0.3, -0.25) is 9.59 Å². The van der Waals surface area contributed by atoms with Gasteiger partial charge in [0.15, 0.2) is 6.73 Å². The number of rotatable bonds is 2. The molecule has 0 aliphatic carbocycles. The molecule has 0 spiro atoms. The highest BCUT2D eigenvalue weighted by atomic mass is 16.5. The van der Waals surface area contributed by atoms with Gasteiger partial charge in [-0.1, -0.05) is 6.07 Å². The molecule has 1 heterocycles. The lowest BCUT2D eigenvalue weighted by atomic mass is 9.99. The van der Waals surface area contributed by atoms with Crippen LogP contribution in [-0.4, -0.2) is 6.73 Å². The molecule has 2 aromatic carbocycles. The van der Waals surface area contributed by atoms with E-state index in [4.69, 9.17) is 10.5 Å². The average molecular weight is 230 g/mol. The fraction of sp³-hybridized carbons (Fsp3) is 0.167. The zero-order valence-corrected chi connectivity index (χ0v) is 8.95. The number of anilines is 2. The number of ether oxygens (including phenoxy) is 1. The van der Waals surface area contributed by atoms with Crippen molar-refractivity contribution in [3.8, 4) is 5.75 Å². The van der Waals surface area contributed by atoms with Gasteiger partial charge in [-0.25, -0.2) is 0 Å². The molecule has 1 aliphatic heterocycles. The van der Waals surface area contributed by atoms with Crippen molar-refractivity contribution in [3.05, 3.63) is 49.8 Å². The van der Waals surface area contributed by atoms with E-state index in [0.29, 0.717) is 18.7 Å². The van der Waals surface area contributed by atoms with Gasteiger partial charge in [0.25, 0.3) is 0 Å². The smallest absolute Gasteiger partial charge is 0.249 e. The Hall–Kier alpha value is -2.30. The molecule has 0 atom stereocenters. The van der Waals surface area contributed by atoms with Crippen molar-refractivity contribution < 1.29 is 4.74 Å². The Morgan fingerprint density at radius 2 is 2.12 bits per heavy atom. The summed E-state index contributed by atoms with van der Waals surface area (Å²) in [5, 5.41) is 3.06. The highest BCUT2D eigenvalue weighted by molar-refractivity contribution is 5.62. The Labute approximate surface area is 96.5 Å². The number of fused-ring (bicyclic) bond motifs is 1. The zero-order chi connectivity index (χ0) is 12.0. The van der Waals surface area contributed by atoms with E-state index >= 15 is 0 Å². The molecule has 0 amide bonds. The highest BCUT2D eigenvalue weighted by Gasteiger charge is 2.19. The average Bonchev–Trinajstić information content (AvgIpc) is 2.81. The van der Waals surface area contributed by atoms with E-state index in [2.05, 4.69) is 5.32 Å².